The van der Waals surface area contributed by atoms with Gasteiger partial charge in [0.15, 0.2) is 6.29 Å². The Morgan fingerprint density at radius 3 is 2.36 bits per heavy atom. The Balaban J connectivity index is 1.20. The number of rotatable bonds is 11. The van der Waals surface area contributed by atoms with E-state index in [-0.39, 0.29) is 31.3 Å². The summed E-state index contributed by atoms with van der Waals surface area (Å²) in [4.78, 5) is 14.3. The van der Waals surface area contributed by atoms with Crippen molar-refractivity contribution in [1.29, 1.82) is 0 Å². The fourth-order valence-electron chi connectivity index (χ4n) is 6.82. The maximum Gasteiger partial charge on any atom is 0.407 e. The molecule has 2 aliphatic heterocycles. The van der Waals surface area contributed by atoms with E-state index in [0.717, 1.165) is 52.0 Å². The lowest BCUT2D eigenvalue weighted by Crippen LogP contribution is -2.49. The van der Waals surface area contributed by atoms with Gasteiger partial charge < -0.3 is 34.6 Å². The molecule has 0 aromatic heterocycles. The first-order valence-corrected chi connectivity index (χ1v) is 17.5. The minimum absolute atomic E-state index is 0.0174. The number of carbonyl (C=O) groups excluding carboxylic acids is 1. The number of ether oxygens (including phenoxy) is 3. The molecule has 9 heteroatoms. The number of likely N-dealkylation sites (tertiary alicyclic amines) is 1. The highest BCUT2D eigenvalue weighted by atomic mass is 35.5. The van der Waals surface area contributed by atoms with Crippen molar-refractivity contribution in [3.05, 3.63) is 143 Å². The van der Waals surface area contributed by atoms with Crippen molar-refractivity contribution in [2.45, 2.75) is 57.0 Å². The zero-order valence-corrected chi connectivity index (χ0v) is 29.1. The summed E-state index contributed by atoms with van der Waals surface area (Å²) in [6, 6.07) is 31.7. The van der Waals surface area contributed by atoms with Crippen LogP contribution in [-0.4, -0.2) is 53.6 Å². The molecular formula is C41H45ClN2O6. The zero-order chi connectivity index (χ0) is 35.1. The number of nitrogens with zero attached hydrogens (tertiary/aromatic N) is 1. The summed E-state index contributed by atoms with van der Waals surface area (Å²) < 4.78 is 18.6. The van der Waals surface area contributed by atoms with Crippen molar-refractivity contribution in [2.24, 2.45) is 5.92 Å². The average Bonchev–Trinajstić information content (AvgIpc) is 3.15. The number of halogens is 1. The topological polar surface area (TPSA) is 100 Å². The molecule has 4 atom stereocenters. The van der Waals surface area contributed by atoms with Gasteiger partial charge in [-0.3, -0.25) is 0 Å². The van der Waals surface area contributed by atoms with Crippen molar-refractivity contribution in [3.8, 4) is 11.1 Å². The largest absolute Gasteiger partial charge is 0.445 e. The van der Waals surface area contributed by atoms with Gasteiger partial charge in [-0.1, -0.05) is 104 Å². The molecule has 8 nitrogen and oxygen atoms in total. The van der Waals surface area contributed by atoms with Crippen LogP contribution in [0.4, 0.5) is 4.79 Å². The van der Waals surface area contributed by atoms with Gasteiger partial charge >= 0.3 is 6.09 Å². The molecule has 3 N–H and O–H groups in total. The summed E-state index contributed by atoms with van der Waals surface area (Å²) >= 11 is 6.10. The van der Waals surface area contributed by atoms with Crippen LogP contribution in [0, 0.1) is 5.92 Å². The minimum atomic E-state index is -0.884. The Labute approximate surface area is 299 Å². The molecule has 50 heavy (non-hydrogen) atoms. The Morgan fingerprint density at radius 2 is 1.66 bits per heavy atom. The first-order valence-electron chi connectivity index (χ1n) is 17.2. The first-order chi connectivity index (χ1) is 24.2. The highest BCUT2D eigenvalue weighted by Crippen LogP contribution is 2.43. The van der Waals surface area contributed by atoms with E-state index in [0.29, 0.717) is 31.0 Å². The molecular weight excluding hydrogens is 652 g/mol. The van der Waals surface area contributed by atoms with Gasteiger partial charge in [-0.15, -0.1) is 0 Å². The summed E-state index contributed by atoms with van der Waals surface area (Å²) in [6.45, 7) is 8.39. The lowest BCUT2D eigenvalue weighted by atomic mass is 9.84. The number of piperidine rings is 1. The van der Waals surface area contributed by atoms with Gasteiger partial charge in [0, 0.05) is 42.7 Å². The van der Waals surface area contributed by atoms with Crippen molar-refractivity contribution in [2.75, 3.05) is 26.2 Å². The maximum absolute atomic E-state index is 11.9. The molecule has 4 aromatic carbocycles. The van der Waals surface area contributed by atoms with E-state index in [1.165, 1.54) is 6.08 Å². The predicted molar refractivity (Wildman–Crippen MR) is 194 cm³/mol. The van der Waals surface area contributed by atoms with Crippen LogP contribution in [0.2, 0.25) is 5.02 Å². The second kappa shape index (κ2) is 16.3. The molecule has 0 radical (unpaired) electrons. The lowest BCUT2D eigenvalue weighted by molar-refractivity contribution is -0.277. The van der Waals surface area contributed by atoms with Gasteiger partial charge in [0.25, 0.3) is 0 Å². The molecule has 2 fully saturated rings. The fourth-order valence-corrected chi connectivity index (χ4v) is 6.95. The van der Waals surface area contributed by atoms with E-state index < -0.39 is 18.0 Å². The first kappa shape index (κ1) is 35.8. The molecule has 2 saturated heterocycles. The van der Waals surface area contributed by atoms with Crippen LogP contribution in [-0.2, 0) is 33.0 Å². The highest BCUT2D eigenvalue weighted by Gasteiger charge is 2.41. The van der Waals surface area contributed by atoms with Crippen LogP contribution < -0.4 is 5.32 Å². The van der Waals surface area contributed by atoms with Crippen molar-refractivity contribution < 1.29 is 29.2 Å². The second-order valence-electron chi connectivity index (χ2n) is 13.2. The third kappa shape index (κ3) is 8.64. The van der Waals surface area contributed by atoms with Gasteiger partial charge in [-0.2, -0.15) is 0 Å². The van der Waals surface area contributed by atoms with Gasteiger partial charge in [-0.05, 0) is 70.5 Å². The molecule has 6 rings (SSSR count). The van der Waals surface area contributed by atoms with E-state index >= 15 is 0 Å². The lowest BCUT2D eigenvalue weighted by Gasteiger charge is -2.45. The molecule has 0 saturated carbocycles. The summed E-state index contributed by atoms with van der Waals surface area (Å²) in [6.07, 6.45) is 1.29. The van der Waals surface area contributed by atoms with Crippen LogP contribution >= 0.6 is 11.6 Å². The van der Waals surface area contributed by atoms with Crippen LogP contribution in [0.1, 0.15) is 60.0 Å². The van der Waals surface area contributed by atoms with Gasteiger partial charge in [0.05, 0.1) is 24.4 Å². The highest BCUT2D eigenvalue weighted by molar-refractivity contribution is 6.30. The molecule has 262 valence electrons. The molecule has 0 aliphatic carbocycles. The number of carbonyl (C=O) groups is 1. The summed E-state index contributed by atoms with van der Waals surface area (Å²) in [7, 11) is 0. The predicted octanol–water partition coefficient (Wildman–Crippen LogP) is 7.69. The molecule has 2 heterocycles. The minimum Gasteiger partial charge on any atom is -0.445 e. The Kier molecular flexibility index (Phi) is 11.7. The normalized spacial score (nSPS) is 22.1. The number of benzene rings is 4. The van der Waals surface area contributed by atoms with E-state index in [9.17, 15) is 15.0 Å². The summed E-state index contributed by atoms with van der Waals surface area (Å²) in [5.74, 6) is 0.0360. The van der Waals surface area contributed by atoms with E-state index in [1.54, 1.807) is 0 Å². The third-order valence-corrected chi connectivity index (χ3v) is 10.1. The molecule has 0 spiro atoms. The Hall–Kier alpha value is -4.02. The van der Waals surface area contributed by atoms with E-state index in [4.69, 9.17) is 25.8 Å². The number of aliphatic hydroxyl groups is 2. The van der Waals surface area contributed by atoms with Crippen molar-refractivity contribution in [3.63, 3.8) is 0 Å². The number of hydrogen-bond donors (Lipinski definition) is 3. The molecule has 4 aromatic rings. The maximum atomic E-state index is 11.9. The zero-order valence-electron chi connectivity index (χ0n) is 28.3. The number of aliphatic hydroxyl groups excluding tert-OH is 1. The summed E-state index contributed by atoms with van der Waals surface area (Å²) in [5.41, 5.74) is 5.75. The summed E-state index contributed by atoms with van der Waals surface area (Å²) in [5, 5.41) is 24.6. The molecule has 0 bridgehead atoms. The number of hydrogen-bond acceptors (Lipinski definition) is 7. The van der Waals surface area contributed by atoms with Crippen LogP contribution in [0.15, 0.2) is 110 Å². The van der Waals surface area contributed by atoms with Crippen molar-refractivity contribution >= 4 is 17.7 Å². The van der Waals surface area contributed by atoms with Crippen LogP contribution in [0.25, 0.3) is 11.1 Å². The second-order valence-corrected chi connectivity index (χ2v) is 13.7. The van der Waals surface area contributed by atoms with E-state index in [1.807, 2.05) is 84.9 Å². The van der Waals surface area contributed by atoms with Crippen molar-refractivity contribution in [1.82, 2.24) is 10.2 Å². The van der Waals surface area contributed by atoms with Crippen LogP contribution in [0.5, 0.6) is 0 Å². The quantitative estimate of drug-likeness (QED) is 0.138. The van der Waals surface area contributed by atoms with Gasteiger partial charge in [-0.25, -0.2) is 4.79 Å². The number of nitrogens with one attached hydrogen (secondary N) is 1. The van der Waals surface area contributed by atoms with E-state index in [2.05, 4.69) is 35.9 Å². The molecule has 0 unspecified atom stereocenters. The van der Waals surface area contributed by atoms with Crippen LogP contribution in [0.3, 0.4) is 0 Å². The molecule has 1 amide bonds. The van der Waals surface area contributed by atoms with Gasteiger partial charge in [0.2, 0.25) is 0 Å². The smallest absolute Gasteiger partial charge is 0.407 e. The van der Waals surface area contributed by atoms with Gasteiger partial charge in [0.1, 0.15) is 6.61 Å². The average molecular weight is 697 g/mol. The fraction of sp³-hybridized carbons (Fsp3) is 0.341. The SMILES string of the molecule is C=CCOC(=O)NCc1cccc(-c2cccc([C@H]3O[C@@H](CN4CCC(O)(c5ccc(Cl)cc5)CC4)[C@@H](C)[C@@H](c4ccc(CO)cc4)O3)c2)c1. The number of amides is 1. The Morgan fingerprint density at radius 1 is 0.960 bits per heavy atom. The third-order valence-electron chi connectivity index (χ3n) is 9.81. The molecule has 2 aliphatic rings. The monoisotopic (exact) mass is 696 g/mol. The Bertz CT molecular complexity index is 1740. The standard InChI is InChI=1S/C41H45ClN2O6/c1-3-22-48-40(46)43-25-30-6-4-7-32(23-30)33-8-5-9-34(24-33)39-49-37(28(2)38(50-39)31-12-10-29(27-45)11-13-31)26-44-20-18-41(47,19-21-44)35-14-16-36(42)17-15-35/h3-17,23-24,28,37-39,45,47H,1,18-22,25-27H2,2H3,(H,43,46)/t28-,37+,38+,39+/m1/s1. The number of alkyl carbamates (subject to hydrolysis) is 1.